The van der Waals surface area contributed by atoms with E-state index in [1.54, 1.807) is 13.0 Å². The average Bonchev–Trinajstić information content (AvgIpc) is 2.46. The van der Waals surface area contributed by atoms with Gasteiger partial charge < -0.3 is 9.64 Å². The number of ether oxygens (including phenoxy) is 1. The van der Waals surface area contributed by atoms with Gasteiger partial charge in [-0.05, 0) is 32.0 Å². The molecule has 2 saturated heterocycles. The fourth-order valence-electron chi connectivity index (χ4n) is 3.36. The van der Waals surface area contributed by atoms with Crippen LogP contribution in [-0.4, -0.2) is 63.1 Å². The Labute approximate surface area is 130 Å². The molecule has 0 bridgehead atoms. The third-order valence-electron chi connectivity index (χ3n) is 4.47. The number of hydrogen-bond donors (Lipinski definition) is 0. The van der Waals surface area contributed by atoms with Crippen molar-refractivity contribution in [2.75, 3.05) is 33.3 Å². The van der Waals surface area contributed by atoms with Crippen LogP contribution in [0.1, 0.15) is 12.0 Å². The number of nitrogens with zero attached hydrogens (tertiary/aromatic N) is 2. The summed E-state index contributed by atoms with van der Waals surface area (Å²) in [6, 6.07) is 4.10. The lowest BCUT2D eigenvalue weighted by Crippen LogP contribution is -2.60. The highest BCUT2D eigenvalue weighted by molar-refractivity contribution is 7.89. The molecular formula is C15H21FN2O3S. The Morgan fingerprint density at radius 3 is 2.82 bits per heavy atom. The molecule has 2 aliphatic rings. The maximum absolute atomic E-state index is 14.2. The summed E-state index contributed by atoms with van der Waals surface area (Å²) in [5, 5.41) is 0. The zero-order chi connectivity index (χ0) is 15.9. The van der Waals surface area contributed by atoms with Crippen LogP contribution >= 0.6 is 0 Å². The van der Waals surface area contributed by atoms with Crippen LogP contribution in [-0.2, 0) is 14.8 Å². The summed E-state index contributed by atoms with van der Waals surface area (Å²) < 4.78 is 47.3. The van der Waals surface area contributed by atoms with Crippen LogP contribution in [0.3, 0.4) is 0 Å². The van der Waals surface area contributed by atoms with Crippen molar-refractivity contribution in [3.8, 4) is 0 Å². The van der Waals surface area contributed by atoms with Crippen molar-refractivity contribution in [3.63, 3.8) is 0 Å². The van der Waals surface area contributed by atoms with Gasteiger partial charge in [0.1, 0.15) is 10.7 Å². The number of aryl methyl sites for hydroxylation is 1. The SMILES string of the molecule is Cc1cccc(F)c1S(=O)(=O)N1CCO[C@@H]2CCN(C)C[C@H]21. The molecule has 0 radical (unpaired) electrons. The minimum atomic E-state index is -3.87. The number of rotatable bonds is 2. The predicted octanol–water partition coefficient (Wildman–Crippen LogP) is 1.23. The molecule has 22 heavy (non-hydrogen) atoms. The highest BCUT2D eigenvalue weighted by Crippen LogP contribution is 2.30. The van der Waals surface area contributed by atoms with Crippen molar-refractivity contribution < 1.29 is 17.5 Å². The van der Waals surface area contributed by atoms with Gasteiger partial charge in [-0.3, -0.25) is 0 Å². The van der Waals surface area contributed by atoms with Gasteiger partial charge in [0.05, 0.1) is 18.8 Å². The molecule has 1 aromatic rings. The standard InChI is InChI=1S/C15H21FN2O3S/c1-11-4-3-5-12(16)15(11)22(19,20)18-8-9-21-14-6-7-17(2)10-13(14)18/h3-5,13-14H,6-10H2,1-2H3/t13-,14-/m1/s1. The monoisotopic (exact) mass is 328 g/mol. The van der Waals surface area contributed by atoms with Crippen LogP contribution in [0.25, 0.3) is 0 Å². The number of morpholine rings is 1. The maximum Gasteiger partial charge on any atom is 0.246 e. The van der Waals surface area contributed by atoms with E-state index in [0.29, 0.717) is 18.7 Å². The number of likely N-dealkylation sites (N-methyl/N-ethyl adjacent to an activating group) is 1. The van der Waals surface area contributed by atoms with Gasteiger partial charge in [0.2, 0.25) is 10.0 Å². The molecule has 0 aromatic heterocycles. The first-order valence-electron chi connectivity index (χ1n) is 7.48. The van der Waals surface area contributed by atoms with E-state index in [0.717, 1.165) is 13.0 Å². The molecule has 5 nitrogen and oxygen atoms in total. The molecule has 0 unspecified atom stereocenters. The molecule has 0 amide bonds. The van der Waals surface area contributed by atoms with E-state index in [2.05, 4.69) is 4.90 Å². The lowest BCUT2D eigenvalue weighted by molar-refractivity contribution is -0.0720. The van der Waals surface area contributed by atoms with E-state index in [9.17, 15) is 12.8 Å². The summed E-state index contributed by atoms with van der Waals surface area (Å²) in [6.45, 7) is 3.74. The molecule has 2 fully saturated rings. The Morgan fingerprint density at radius 1 is 1.32 bits per heavy atom. The molecule has 3 rings (SSSR count). The average molecular weight is 328 g/mol. The van der Waals surface area contributed by atoms with Gasteiger partial charge >= 0.3 is 0 Å². The highest BCUT2D eigenvalue weighted by Gasteiger charge is 2.43. The quantitative estimate of drug-likeness (QED) is 0.819. The van der Waals surface area contributed by atoms with Gasteiger partial charge in [0, 0.05) is 19.6 Å². The molecular weight excluding hydrogens is 307 g/mol. The number of piperidine rings is 1. The van der Waals surface area contributed by atoms with Crippen LogP contribution in [0, 0.1) is 12.7 Å². The van der Waals surface area contributed by atoms with E-state index in [-0.39, 0.29) is 23.6 Å². The Kier molecular flexibility index (Phi) is 4.24. The largest absolute Gasteiger partial charge is 0.375 e. The predicted molar refractivity (Wildman–Crippen MR) is 80.7 cm³/mol. The molecule has 0 spiro atoms. The second kappa shape index (κ2) is 5.88. The van der Waals surface area contributed by atoms with Crippen LogP contribution in [0.2, 0.25) is 0 Å². The number of halogens is 1. The van der Waals surface area contributed by atoms with Gasteiger partial charge in [-0.2, -0.15) is 4.31 Å². The summed E-state index contributed by atoms with van der Waals surface area (Å²) in [6.07, 6.45) is 0.690. The van der Waals surface area contributed by atoms with Crippen LogP contribution < -0.4 is 0 Å². The molecule has 2 heterocycles. The zero-order valence-corrected chi connectivity index (χ0v) is 13.6. The second-order valence-corrected chi connectivity index (χ2v) is 7.86. The fourth-order valence-corrected chi connectivity index (χ4v) is 5.26. The highest BCUT2D eigenvalue weighted by atomic mass is 32.2. The third kappa shape index (κ3) is 2.67. The van der Waals surface area contributed by atoms with Crippen molar-refractivity contribution in [2.24, 2.45) is 0 Å². The summed E-state index contributed by atoms with van der Waals surface area (Å²) >= 11 is 0. The summed E-state index contributed by atoms with van der Waals surface area (Å²) in [5.74, 6) is -0.688. The normalized spacial score (nSPS) is 27.6. The second-order valence-electron chi connectivity index (χ2n) is 6.03. The van der Waals surface area contributed by atoms with Crippen LogP contribution in [0.4, 0.5) is 4.39 Å². The lowest BCUT2D eigenvalue weighted by atomic mass is 10.0. The first-order chi connectivity index (χ1) is 10.4. The minimum Gasteiger partial charge on any atom is -0.375 e. The maximum atomic E-state index is 14.2. The topological polar surface area (TPSA) is 49.9 Å². The molecule has 7 heteroatoms. The van der Waals surface area contributed by atoms with Gasteiger partial charge in [-0.1, -0.05) is 12.1 Å². The van der Waals surface area contributed by atoms with Gasteiger partial charge in [0.15, 0.2) is 0 Å². The van der Waals surface area contributed by atoms with Crippen molar-refractivity contribution in [1.82, 2.24) is 9.21 Å². The number of likely N-dealkylation sites (tertiary alicyclic amines) is 1. The first-order valence-corrected chi connectivity index (χ1v) is 8.92. The number of fused-ring (bicyclic) bond motifs is 1. The molecule has 1 aromatic carbocycles. The van der Waals surface area contributed by atoms with Gasteiger partial charge in [0.25, 0.3) is 0 Å². The van der Waals surface area contributed by atoms with E-state index in [4.69, 9.17) is 4.74 Å². The van der Waals surface area contributed by atoms with E-state index < -0.39 is 15.8 Å². The van der Waals surface area contributed by atoms with Crippen molar-refractivity contribution in [3.05, 3.63) is 29.6 Å². The number of hydrogen-bond acceptors (Lipinski definition) is 4. The first kappa shape index (κ1) is 15.9. The van der Waals surface area contributed by atoms with E-state index in [1.807, 2.05) is 7.05 Å². The summed E-state index contributed by atoms with van der Waals surface area (Å²) in [5.41, 5.74) is 0.437. The van der Waals surface area contributed by atoms with Crippen molar-refractivity contribution in [2.45, 2.75) is 30.4 Å². The van der Waals surface area contributed by atoms with Gasteiger partial charge in [-0.25, -0.2) is 12.8 Å². The lowest BCUT2D eigenvalue weighted by Gasteiger charge is -2.45. The summed E-state index contributed by atoms with van der Waals surface area (Å²) in [7, 11) is -1.90. The number of benzene rings is 1. The Balaban J connectivity index is 2.00. The van der Waals surface area contributed by atoms with Crippen LogP contribution in [0.5, 0.6) is 0 Å². The third-order valence-corrected chi connectivity index (χ3v) is 6.57. The Hall–Kier alpha value is -1.02. The smallest absolute Gasteiger partial charge is 0.246 e. The fraction of sp³-hybridized carbons (Fsp3) is 0.600. The van der Waals surface area contributed by atoms with Crippen LogP contribution in [0.15, 0.2) is 23.1 Å². The summed E-state index contributed by atoms with van der Waals surface area (Å²) in [4.78, 5) is 1.89. The minimum absolute atomic E-state index is 0.105. The van der Waals surface area contributed by atoms with E-state index >= 15 is 0 Å². The molecule has 2 aliphatic heterocycles. The Morgan fingerprint density at radius 2 is 2.09 bits per heavy atom. The van der Waals surface area contributed by atoms with Crippen molar-refractivity contribution >= 4 is 10.0 Å². The number of sulfonamides is 1. The zero-order valence-electron chi connectivity index (χ0n) is 12.8. The van der Waals surface area contributed by atoms with Gasteiger partial charge in [-0.15, -0.1) is 0 Å². The molecule has 0 aliphatic carbocycles. The Bertz CT molecular complexity index is 645. The molecule has 2 atom stereocenters. The van der Waals surface area contributed by atoms with E-state index in [1.165, 1.54) is 16.4 Å². The molecule has 0 N–H and O–H groups in total. The molecule has 122 valence electrons. The molecule has 0 saturated carbocycles. The van der Waals surface area contributed by atoms with Crippen molar-refractivity contribution in [1.29, 1.82) is 0 Å².